The van der Waals surface area contributed by atoms with Crippen molar-refractivity contribution in [1.29, 1.82) is 0 Å². The Morgan fingerprint density at radius 2 is 2.17 bits per heavy atom. The van der Waals surface area contributed by atoms with Gasteiger partial charge in [0.2, 0.25) is 11.8 Å². The number of primary amides is 1. The summed E-state index contributed by atoms with van der Waals surface area (Å²) in [5.74, 6) is -0.831. The molecule has 6 heteroatoms. The van der Waals surface area contributed by atoms with Gasteiger partial charge in [-0.15, -0.1) is 0 Å². The van der Waals surface area contributed by atoms with Crippen molar-refractivity contribution in [3.63, 3.8) is 0 Å². The molecule has 18 heavy (non-hydrogen) atoms. The Hall–Kier alpha value is -2.37. The van der Waals surface area contributed by atoms with Gasteiger partial charge in [0.15, 0.2) is 0 Å². The fraction of sp³-hybridized carbons (Fsp3) is 0.250. The summed E-state index contributed by atoms with van der Waals surface area (Å²) in [5, 5.41) is 2.47. The standard InChI is InChI=1S/C12H14N4O2/c1-8(12(18)14-6-11(13)17)16-7-15-9-4-2-3-5-10(9)16/h2-5,7-8H,6H2,1H3,(H2,13,17)(H,14,18). The highest BCUT2D eigenvalue weighted by molar-refractivity contribution is 5.87. The maximum Gasteiger partial charge on any atom is 0.243 e. The van der Waals surface area contributed by atoms with E-state index < -0.39 is 11.9 Å². The summed E-state index contributed by atoms with van der Waals surface area (Å²) < 4.78 is 1.76. The number of fused-ring (bicyclic) bond motifs is 1. The first kappa shape index (κ1) is 12.1. The van der Waals surface area contributed by atoms with Crippen LogP contribution >= 0.6 is 0 Å². The van der Waals surface area contributed by atoms with E-state index in [0.717, 1.165) is 11.0 Å². The fourth-order valence-electron chi connectivity index (χ4n) is 1.74. The van der Waals surface area contributed by atoms with E-state index in [4.69, 9.17) is 5.73 Å². The highest BCUT2D eigenvalue weighted by Gasteiger charge is 2.16. The number of carbonyl (C=O) groups is 2. The van der Waals surface area contributed by atoms with E-state index in [9.17, 15) is 9.59 Å². The van der Waals surface area contributed by atoms with Gasteiger partial charge in [0, 0.05) is 0 Å². The Kier molecular flexibility index (Phi) is 3.27. The number of nitrogens with one attached hydrogen (secondary N) is 1. The molecule has 0 fully saturated rings. The van der Waals surface area contributed by atoms with Gasteiger partial charge in [0.25, 0.3) is 0 Å². The number of rotatable bonds is 4. The van der Waals surface area contributed by atoms with Gasteiger partial charge in [0.05, 0.1) is 23.9 Å². The molecule has 0 aliphatic carbocycles. The van der Waals surface area contributed by atoms with E-state index in [2.05, 4.69) is 10.3 Å². The number of nitrogens with zero attached hydrogens (tertiary/aromatic N) is 2. The molecular weight excluding hydrogens is 232 g/mol. The lowest BCUT2D eigenvalue weighted by atomic mass is 10.2. The molecule has 2 amide bonds. The molecule has 0 spiro atoms. The molecule has 6 nitrogen and oxygen atoms in total. The van der Waals surface area contributed by atoms with Gasteiger partial charge in [-0.2, -0.15) is 0 Å². The van der Waals surface area contributed by atoms with Crippen molar-refractivity contribution in [3.8, 4) is 0 Å². The van der Waals surface area contributed by atoms with Crippen LogP contribution in [0.1, 0.15) is 13.0 Å². The molecule has 1 aromatic heterocycles. The first-order valence-corrected chi connectivity index (χ1v) is 5.57. The van der Waals surface area contributed by atoms with Crippen molar-refractivity contribution in [3.05, 3.63) is 30.6 Å². The summed E-state index contributed by atoms with van der Waals surface area (Å²) in [4.78, 5) is 26.6. The zero-order chi connectivity index (χ0) is 13.1. The summed E-state index contributed by atoms with van der Waals surface area (Å²) >= 11 is 0. The predicted molar refractivity (Wildman–Crippen MR) is 66.6 cm³/mol. The van der Waals surface area contributed by atoms with E-state index in [1.54, 1.807) is 17.8 Å². The first-order valence-electron chi connectivity index (χ1n) is 5.57. The van der Waals surface area contributed by atoms with E-state index in [0.29, 0.717) is 0 Å². The topological polar surface area (TPSA) is 90.0 Å². The third kappa shape index (κ3) is 2.32. The van der Waals surface area contributed by atoms with Crippen LogP contribution < -0.4 is 11.1 Å². The summed E-state index contributed by atoms with van der Waals surface area (Å²) in [7, 11) is 0. The second kappa shape index (κ2) is 4.87. The number of aromatic nitrogens is 2. The minimum atomic E-state index is -0.564. The molecule has 2 rings (SSSR count). The van der Waals surface area contributed by atoms with E-state index in [-0.39, 0.29) is 12.5 Å². The minimum Gasteiger partial charge on any atom is -0.368 e. The molecule has 1 aromatic carbocycles. The fourth-order valence-corrected chi connectivity index (χ4v) is 1.74. The molecule has 2 aromatic rings. The van der Waals surface area contributed by atoms with Crippen LogP contribution in [0.25, 0.3) is 11.0 Å². The predicted octanol–water partition coefficient (Wildman–Crippen LogP) is 0.199. The quantitative estimate of drug-likeness (QED) is 0.807. The zero-order valence-electron chi connectivity index (χ0n) is 9.96. The highest BCUT2D eigenvalue weighted by atomic mass is 16.2. The van der Waals surface area contributed by atoms with Gasteiger partial charge >= 0.3 is 0 Å². The lowest BCUT2D eigenvalue weighted by Crippen LogP contribution is -2.37. The lowest BCUT2D eigenvalue weighted by molar-refractivity contribution is -0.126. The molecule has 0 saturated carbocycles. The highest BCUT2D eigenvalue weighted by Crippen LogP contribution is 2.17. The Labute approximate surface area is 104 Å². The van der Waals surface area contributed by atoms with E-state index in [1.807, 2.05) is 24.3 Å². The largest absolute Gasteiger partial charge is 0.368 e. The van der Waals surface area contributed by atoms with Crippen molar-refractivity contribution in [2.75, 3.05) is 6.54 Å². The van der Waals surface area contributed by atoms with Crippen LogP contribution in [-0.2, 0) is 9.59 Å². The van der Waals surface area contributed by atoms with Crippen LogP contribution in [0.3, 0.4) is 0 Å². The van der Waals surface area contributed by atoms with E-state index >= 15 is 0 Å². The van der Waals surface area contributed by atoms with Crippen LogP contribution in [0.15, 0.2) is 30.6 Å². The molecule has 3 N–H and O–H groups in total. The normalized spacial score (nSPS) is 12.3. The minimum absolute atomic E-state index is 0.157. The van der Waals surface area contributed by atoms with Crippen LogP contribution in [0, 0.1) is 0 Å². The third-order valence-electron chi connectivity index (χ3n) is 2.71. The Morgan fingerprint density at radius 1 is 1.44 bits per heavy atom. The molecule has 0 saturated heterocycles. The van der Waals surface area contributed by atoms with Crippen LogP contribution in [0.2, 0.25) is 0 Å². The lowest BCUT2D eigenvalue weighted by Gasteiger charge is -2.13. The van der Waals surface area contributed by atoms with Crippen LogP contribution in [-0.4, -0.2) is 27.9 Å². The molecule has 0 aliphatic rings. The number of hydrogen-bond donors (Lipinski definition) is 2. The molecule has 1 atom stereocenters. The summed E-state index contributed by atoms with van der Waals surface area (Å²) in [6.07, 6.45) is 1.61. The smallest absolute Gasteiger partial charge is 0.243 e. The molecular formula is C12H14N4O2. The second-order valence-corrected chi connectivity index (χ2v) is 4.00. The Bertz CT molecular complexity index is 591. The number of hydrogen-bond acceptors (Lipinski definition) is 3. The summed E-state index contributed by atoms with van der Waals surface area (Å²) in [6, 6.07) is 7.09. The number of imidazole rings is 1. The molecule has 0 radical (unpaired) electrons. The number of carbonyl (C=O) groups excluding carboxylic acids is 2. The van der Waals surface area contributed by atoms with Crippen molar-refractivity contribution in [2.45, 2.75) is 13.0 Å². The molecule has 94 valence electrons. The number of para-hydroxylation sites is 2. The molecule has 0 bridgehead atoms. The number of amides is 2. The van der Waals surface area contributed by atoms with Crippen molar-refractivity contribution >= 4 is 22.8 Å². The first-order chi connectivity index (χ1) is 8.59. The number of benzene rings is 1. The SMILES string of the molecule is CC(C(=O)NCC(N)=O)n1cnc2ccccc21. The van der Waals surface area contributed by atoms with Crippen molar-refractivity contribution < 1.29 is 9.59 Å². The Morgan fingerprint density at radius 3 is 2.89 bits per heavy atom. The van der Waals surface area contributed by atoms with Crippen LogP contribution in [0.4, 0.5) is 0 Å². The average Bonchev–Trinajstić information content (AvgIpc) is 2.78. The van der Waals surface area contributed by atoms with Gasteiger partial charge in [-0.25, -0.2) is 4.98 Å². The number of nitrogens with two attached hydrogens (primary N) is 1. The molecule has 1 heterocycles. The summed E-state index contributed by atoms with van der Waals surface area (Å²) in [6.45, 7) is 1.58. The van der Waals surface area contributed by atoms with Gasteiger partial charge in [-0.1, -0.05) is 12.1 Å². The van der Waals surface area contributed by atoms with Crippen molar-refractivity contribution in [2.24, 2.45) is 5.73 Å². The molecule has 0 aliphatic heterocycles. The van der Waals surface area contributed by atoms with Gasteiger partial charge < -0.3 is 15.6 Å². The zero-order valence-corrected chi connectivity index (χ0v) is 9.96. The third-order valence-corrected chi connectivity index (χ3v) is 2.71. The Balaban J connectivity index is 2.20. The van der Waals surface area contributed by atoms with E-state index in [1.165, 1.54) is 0 Å². The molecule has 1 unspecified atom stereocenters. The summed E-state index contributed by atoms with van der Waals surface area (Å²) in [5.41, 5.74) is 6.68. The monoisotopic (exact) mass is 246 g/mol. The average molecular weight is 246 g/mol. The maximum absolute atomic E-state index is 11.8. The maximum atomic E-state index is 11.8. The van der Waals surface area contributed by atoms with Gasteiger partial charge in [-0.05, 0) is 19.1 Å². The van der Waals surface area contributed by atoms with Gasteiger partial charge in [0.1, 0.15) is 6.04 Å². The second-order valence-electron chi connectivity index (χ2n) is 4.00. The van der Waals surface area contributed by atoms with Crippen molar-refractivity contribution in [1.82, 2.24) is 14.9 Å². The van der Waals surface area contributed by atoms with Crippen LogP contribution in [0.5, 0.6) is 0 Å². The van der Waals surface area contributed by atoms with Gasteiger partial charge in [-0.3, -0.25) is 9.59 Å².